The van der Waals surface area contributed by atoms with Crippen LogP contribution >= 0.6 is 0 Å². The van der Waals surface area contributed by atoms with Crippen molar-refractivity contribution in [3.8, 4) is 17.2 Å². The van der Waals surface area contributed by atoms with Gasteiger partial charge in [-0.2, -0.15) is 0 Å². The summed E-state index contributed by atoms with van der Waals surface area (Å²) in [6.07, 6.45) is 0.0549. The van der Waals surface area contributed by atoms with Crippen LogP contribution < -0.4 is 9.47 Å². The summed E-state index contributed by atoms with van der Waals surface area (Å²) in [6, 6.07) is 5.10. The van der Waals surface area contributed by atoms with Gasteiger partial charge in [0.25, 0.3) is 0 Å². The van der Waals surface area contributed by atoms with Crippen LogP contribution in [0.25, 0.3) is 0 Å². The minimum absolute atomic E-state index is 0.0549. The van der Waals surface area contributed by atoms with Crippen molar-refractivity contribution >= 4 is 0 Å². The monoisotopic (exact) mass is 166 g/mol. The number of phenols is 1. The topological polar surface area (TPSA) is 38.7 Å². The van der Waals surface area contributed by atoms with E-state index in [4.69, 9.17) is 9.47 Å². The average molecular weight is 166 g/mol. The number of fused-ring (bicyclic) bond motifs is 1. The quantitative estimate of drug-likeness (QED) is 0.635. The van der Waals surface area contributed by atoms with Crippen LogP contribution in [0.4, 0.5) is 0 Å². The first-order valence-electron chi connectivity index (χ1n) is 3.89. The molecular weight excluding hydrogens is 156 g/mol. The normalized spacial score (nSPS) is 20.6. The number of hydrogen-bond donors (Lipinski definition) is 1. The van der Waals surface area contributed by atoms with E-state index in [-0.39, 0.29) is 11.9 Å². The van der Waals surface area contributed by atoms with Gasteiger partial charge in [-0.05, 0) is 19.1 Å². The Hall–Kier alpha value is -1.38. The molecule has 0 aliphatic carbocycles. The zero-order valence-corrected chi connectivity index (χ0v) is 6.78. The number of rotatable bonds is 0. The zero-order chi connectivity index (χ0) is 8.55. The largest absolute Gasteiger partial charge is 0.504 e. The van der Waals surface area contributed by atoms with Gasteiger partial charge in [-0.3, -0.25) is 0 Å². The van der Waals surface area contributed by atoms with Crippen LogP contribution in [0.2, 0.25) is 0 Å². The smallest absolute Gasteiger partial charge is 0.203 e. The maximum Gasteiger partial charge on any atom is 0.203 e. The fourth-order valence-corrected chi connectivity index (χ4v) is 1.19. The molecule has 1 heterocycles. The van der Waals surface area contributed by atoms with Gasteiger partial charge in [0.2, 0.25) is 5.75 Å². The van der Waals surface area contributed by atoms with Crippen molar-refractivity contribution in [3.63, 3.8) is 0 Å². The van der Waals surface area contributed by atoms with Crippen molar-refractivity contribution in [3.05, 3.63) is 18.2 Å². The zero-order valence-electron chi connectivity index (χ0n) is 6.78. The first-order chi connectivity index (χ1) is 5.77. The summed E-state index contributed by atoms with van der Waals surface area (Å²) in [4.78, 5) is 0. The number of phenolic OH excluding ortho intramolecular Hbond substituents is 1. The molecule has 1 aliphatic heterocycles. The summed E-state index contributed by atoms with van der Waals surface area (Å²) >= 11 is 0. The van der Waals surface area contributed by atoms with Crippen molar-refractivity contribution in [2.75, 3.05) is 6.61 Å². The molecule has 1 aromatic rings. The van der Waals surface area contributed by atoms with Crippen LogP contribution in [0.5, 0.6) is 17.2 Å². The van der Waals surface area contributed by atoms with Crippen LogP contribution in [0.1, 0.15) is 6.92 Å². The highest BCUT2D eigenvalue weighted by Crippen LogP contribution is 2.38. The van der Waals surface area contributed by atoms with E-state index in [1.165, 1.54) is 0 Å². The van der Waals surface area contributed by atoms with Crippen molar-refractivity contribution in [1.82, 2.24) is 0 Å². The molecule has 0 radical (unpaired) electrons. The molecule has 1 atom stereocenters. The molecule has 0 bridgehead atoms. The van der Waals surface area contributed by atoms with Crippen LogP contribution in [-0.2, 0) is 0 Å². The first kappa shape index (κ1) is 7.28. The lowest BCUT2D eigenvalue weighted by molar-refractivity contribution is 0.101. The SMILES string of the molecule is CC1COc2c(O)cccc2O1. The third kappa shape index (κ3) is 1.07. The molecule has 1 N–H and O–H groups in total. The highest BCUT2D eigenvalue weighted by Gasteiger charge is 2.19. The third-order valence-corrected chi connectivity index (χ3v) is 1.75. The van der Waals surface area contributed by atoms with Crippen LogP contribution in [0, 0.1) is 0 Å². The van der Waals surface area contributed by atoms with E-state index in [0.717, 1.165) is 0 Å². The number of aromatic hydroxyl groups is 1. The first-order valence-corrected chi connectivity index (χ1v) is 3.89. The van der Waals surface area contributed by atoms with Gasteiger partial charge in [0.1, 0.15) is 12.7 Å². The molecule has 3 nitrogen and oxygen atoms in total. The van der Waals surface area contributed by atoms with E-state index in [9.17, 15) is 5.11 Å². The minimum atomic E-state index is 0.0549. The molecule has 2 rings (SSSR count). The van der Waals surface area contributed by atoms with Crippen molar-refractivity contribution in [2.45, 2.75) is 13.0 Å². The molecule has 3 heteroatoms. The number of benzene rings is 1. The summed E-state index contributed by atoms with van der Waals surface area (Å²) in [5.41, 5.74) is 0. The summed E-state index contributed by atoms with van der Waals surface area (Å²) < 4.78 is 10.7. The van der Waals surface area contributed by atoms with Gasteiger partial charge in [0.05, 0.1) is 0 Å². The van der Waals surface area contributed by atoms with E-state index >= 15 is 0 Å². The predicted molar refractivity (Wildman–Crippen MR) is 43.7 cm³/mol. The summed E-state index contributed by atoms with van der Waals surface area (Å²) in [5.74, 6) is 1.21. The van der Waals surface area contributed by atoms with E-state index in [2.05, 4.69) is 0 Å². The maximum absolute atomic E-state index is 9.34. The Balaban J connectivity index is 2.42. The molecule has 0 aromatic heterocycles. The highest BCUT2D eigenvalue weighted by atomic mass is 16.6. The molecule has 0 fully saturated rings. The van der Waals surface area contributed by atoms with E-state index in [0.29, 0.717) is 18.1 Å². The van der Waals surface area contributed by atoms with E-state index in [1.54, 1.807) is 18.2 Å². The Morgan fingerprint density at radius 3 is 3.17 bits per heavy atom. The van der Waals surface area contributed by atoms with Crippen LogP contribution in [0.3, 0.4) is 0 Å². The average Bonchev–Trinajstić information content (AvgIpc) is 2.04. The fourth-order valence-electron chi connectivity index (χ4n) is 1.19. The van der Waals surface area contributed by atoms with Gasteiger partial charge in [0, 0.05) is 0 Å². The summed E-state index contributed by atoms with van der Waals surface area (Å²) in [6.45, 7) is 2.41. The standard InChI is InChI=1S/C9H10O3/c1-6-5-11-9-7(10)3-2-4-8(9)12-6/h2-4,6,10H,5H2,1H3. The molecule has 64 valence electrons. The molecule has 0 spiro atoms. The second-order valence-corrected chi connectivity index (χ2v) is 2.84. The molecule has 1 aromatic carbocycles. The van der Waals surface area contributed by atoms with Crippen molar-refractivity contribution < 1.29 is 14.6 Å². The molecule has 1 unspecified atom stereocenters. The molecular formula is C9H10O3. The van der Waals surface area contributed by atoms with Gasteiger partial charge >= 0.3 is 0 Å². The van der Waals surface area contributed by atoms with Gasteiger partial charge in [0.15, 0.2) is 11.5 Å². The Morgan fingerprint density at radius 1 is 1.50 bits per heavy atom. The van der Waals surface area contributed by atoms with Crippen molar-refractivity contribution in [2.24, 2.45) is 0 Å². The van der Waals surface area contributed by atoms with E-state index in [1.807, 2.05) is 6.92 Å². The number of hydrogen-bond acceptors (Lipinski definition) is 3. The number of ether oxygens (including phenoxy) is 2. The lowest BCUT2D eigenvalue weighted by atomic mass is 10.2. The third-order valence-electron chi connectivity index (χ3n) is 1.75. The Kier molecular flexibility index (Phi) is 1.57. The van der Waals surface area contributed by atoms with Gasteiger partial charge < -0.3 is 14.6 Å². The van der Waals surface area contributed by atoms with Gasteiger partial charge in [-0.15, -0.1) is 0 Å². The van der Waals surface area contributed by atoms with E-state index < -0.39 is 0 Å². The molecule has 0 saturated heterocycles. The van der Waals surface area contributed by atoms with Crippen molar-refractivity contribution in [1.29, 1.82) is 0 Å². The Bertz CT molecular complexity index is 296. The lowest BCUT2D eigenvalue weighted by Crippen LogP contribution is -2.25. The van der Waals surface area contributed by atoms with Gasteiger partial charge in [-0.1, -0.05) is 6.07 Å². The second-order valence-electron chi connectivity index (χ2n) is 2.84. The number of para-hydroxylation sites is 1. The lowest BCUT2D eigenvalue weighted by Gasteiger charge is -2.23. The second kappa shape index (κ2) is 2.59. The van der Waals surface area contributed by atoms with Crippen LogP contribution in [-0.4, -0.2) is 17.8 Å². The van der Waals surface area contributed by atoms with Gasteiger partial charge in [-0.25, -0.2) is 0 Å². The maximum atomic E-state index is 9.34. The predicted octanol–water partition coefficient (Wildman–Crippen LogP) is 1.55. The minimum Gasteiger partial charge on any atom is -0.504 e. The van der Waals surface area contributed by atoms with Crippen LogP contribution in [0.15, 0.2) is 18.2 Å². The molecule has 0 saturated carbocycles. The molecule has 1 aliphatic rings. The fraction of sp³-hybridized carbons (Fsp3) is 0.333. The Morgan fingerprint density at radius 2 is 2.33 bits per heavy atom. The summed E-state index contributed by atoms with van der Waals surface area (Å²) in [5, 5.41) is 9.34. The summed E-state index contributed by atoms with van der Waals surface area (Å²) in [7, 11) is 0. The highest BCUT2D eigenvalue weighted by molar-refractivity contribution is 5.51. The molecule has 0 amide bonds. The Labute approximate surface area is 70.5 Å². The molecule has 12 heavy (non-hydrogen) atoms.